The highest BCUT2D eigenvalue weighted by Gasteiger charge is 2.21. The van der Waals surface area contributed by atoms with Crippen molar-refractivity contribution >= 4 is 43.3 Å². The molecule has 2 aromatic carbocycles. The van der Waals surface area contributed by atoms with Crippen LogP contribution in [0.3, 0.4) is 0 Å². The third-order valence-corrected chi connectivity index (χ3v) is 3.48. The van der Waals surface area contributed by atoms with E-state index in [0.29, 0.717) is 0 Å². The molecule has 0 unspecified atom stereocenters. The highest BCUT2D eigenvalue weighted by molar-refractivity contribution is 6.02. The van der Waals surface area contributed by atoms with Crippen molar-refractivity contribution in [1.29, 1.82) is 0 Å². The lowest BCUT2D eigenvalue weighted by molar-refractivity contribution is -0.123. The van der Waals surface area contributed by atoms with Crippen LogP contribution in [-0.4, -0.2) is 63.7 Å². The average Bonchev–Trinajstić information content (AvgIpc) is 2.75. The number of carbonyl (C=O) groups is 7. The van der Waals surface area contributed by atoms with Gasteiger partial charge in [0.25, 0.3) is 19.4 Å². The molecular weight excluding hydrogens is 452 g/mol. The van der Waals surface area contributed by atoms with Gasteiger partial charge in [-0.05, 0) is 18.2 Å². The third-order valence-electron chi connectivity index (χ3n) is 3.48. The fourth-order valence-corrected chi connectivity index (χ4v) is 2.17. The fraction of sp³-hybridized carbons (Fsp3) is 0. The van der Waals surface area contributed by atoms with E-state index in [0.717, 1.165) is 30.3 Å². The molecule has 0 radical (unpaired) electrons. The summed E-state index contributed by atoms with van der Waals surface area (Å²) in [5, 5.41) is 34.9. The maximum absolute atomic E-state index is 10.8. The molecule has 33 heavy (non-hydrogen) atoms. The smallest absolute Gasteiger partial charge is 0.336 e. The maximum atomic E-state index is 10.8. The maximum Gasteiger partial charge on any atom is 0.336 e. The second-order valence-corrected chi connectivity index (χ2v) is 5.45. The van der Waals surface area contributed by atoms with Crippen LogP contribution in [0.4, 0.5) is 0 Å². The molecule has 0 aliphatic heterocycles. The van der Waals surface area contributed by atoms with Crippen LogP contribution in [0.15, 0.2) is 30.3 Å². The Labute approximate surface area is 182 Å². The van der Waals surface area contributed by atoms with Crippen molar-refractivity contribution < 1.29 is 68.2 Å². The second-order valence-electron chi connectivity index (χ2n) is 5.45. The van der Waals surface area contributed by atoms with Gasteiger partial charge in [0.1, 0.15) is 5.75 Å². The van der Waals surface area contributed by atoms with E-state index >= 15 is 0 Å². The highest BCUT2D eigenvalue weighted by atomic mass is 16.6. The molecule has 0 aliphatic rings. The highest BCUT2D eigenvalue weighted by Crippen LogP contribution is 2.30. The Balaban J connectivity index is 0.000000335. The normalized spacial score (nSPS) is 9.33. The summed E-state index contributed by atoms with van der Waals surface area (Å²) < 4.78 is 13.2. The predicted octanol–water partition coefficient (Wildman–Crippen LogP) is 0.772. The Morgan fingerprint density at radius 3 is 1.18 bits per heavy atom. The number of carboxylic acid groups (broad SMARTS) is 4. The summed E-state index contributed by atoms with van der Waals surface area (Å²) in [6.45, 7) is 0.0602. The van der Waals surface area contributed by atoms with Crippen LogP contribution in [0.25, 0.3) is 0 Å². The third kappa shape index (κ3) is 7.18. The van der Waals surface area contributed by atoms with Crippen LogP contribution in [0.2, 0.25) is 0 Å². The SMILES string of the molecule is O=COc1cc(C(=O)O)c(C(=O)O)cc1OC=O.O=COc1cc(C(=O)O)cc(C(=O)O)c1. The van der Waals surface area contributed by atoms with E-state index in [-0.39, 0.29) is 47.8 Å². The van der Waals surface area contributed by atoms with Gasteiger partial charge in [-0.3, -0.25) is 14.4 Å². The molecule has 0 bridgehead atoms. The summed E-state index contributed by atoms with van der Waals surface area (Å²) in [6, 6.07) is 4.65. The van der Waals surface area contributed by atoms with Crippen molar-refractivity contribution in [3.05, 3.63) is 52.6 Å². The molecular formula is C19H12O14. The lowest BCUT2D eigenvalue weighted by Gasteiger charge is -2.08. The standard InChI is InChI=1S/C10H6O8.C9H6O6/c11-3-17-7-1-5(9(13)14)6(10(15)16)2-8(7)18-4-12;10-4-15-7-2-5(8(11)12)1-6(3-7)9(13)14/h1-4H,(H,13,14)(H,15,16);1-4H,(H,11,12)(H,13,14). The van der Waals surface area contributed by atoms with Gasteiger partial charge >= 0.3 is 23.9 Å². The predicted molar refractivity (Wildman–Crippen MR) is 101 cm³/mol. The van der Waals surface area contributed by atoms with E-state index in [4.69, 9.17) is 20.4 Å². The summed E-state index contributed by atoms with van der Waals surface area (Å²) in [6.07, 6.45) is 0. The second kappa shape index (κ2) is 11.8. The van der Waals surface area contributed by atoms with Gasteiger partial charge in [-0.2, -0.15) is 0 Å². The molecule has 2 aromatic rings. The van der Waals surface area contributed by atoms with E-state index in [2.05, 4.69) is 14.2 Å². The number of benzene rings is 2. The van der Waals surface area contributed by atoms with Crippen molar-refractivity contribution in [2.24, 2.45) is 0 Å². The molecule has 0 fully saturated rings. The first kappa shape index (κ1) is 25.8. The first-order chi connectivity index (χ1) is 15.5. The van der Waals surface area contributed by atoms with Gasteiger partial charge in [-0.1, -0.05) is 0 Å². The van der Waals surface area contributed by atoms with E-state index in [1.165, 1.54) is 0 Å². The van der Waals surface area contributed by atoms with Gasteiger partial charge in [0.15, 0.2) is 11.5 Å². The van der Waals surface area contributed by atoms with Crippen molar-refractivity contribution in [2.45, 2.75) is 0 Å². The molecule has 0 amide bonds. The zero-order chi connectivity index (χ0) is 25.1. The molecule has 0 aromatic heterocycles. The van der Waals surface area contributed by atoms with Gasteiger partial charge in [0, 0.05) is 12.1 Å². The van der Waals surface area contributed by atoms with Gasteiger partial charge < -0.3 is 34.6 Å². The van der Waals surface area contributed by atoms with Gasteiger partial charge in [-0.15, -0.1) is 0 Å². The molecule has 172 valence electrons. The molecule has 0 heterocycles. The van der Waals surface area contributed by atoms with Crippen molar-refractivity contribution in [1.82, 2.24) is 0 Å². The lowest BCUT2D eigenvalue weighted by Crippen LogP contribution is -2.09. The number of carboxylic acids is 4. The van der Waals surface area contributed by atoms with Crippen LogP contribution in [0.1, 0.15) is 41.4 Å². The van der Waals surface area contributed by atoms with Crippen LogP contribution in [0.5, 0.6) is 17.2 Å². The van der Waals surface area contributed by atoms with E-state index < -0.39 is 35.0 Å². The first-order valence-corrected chi connectivity index (χ1v) is 8.12. The molecule has 0 saturated heterocycles. The molecule has 14 nitrogen and oxygen atoms in total. The van der Waals surface area contributed by atoms with Gasteiger partial charge in [0.2, 0.25) is 0 Å². The van der Waals surface area contributed by atoms with Gasteiger partial charge in [0.05, 0.1) is 22.3 Å². The zero-order valence-electron chi connectivity index (χ0n) is 16.0. The van der Waals surface area contributed by atoms with Crippen LogP contribution in [0, 0.1) is 0 Å². The number of hydrogen-bond acceptors (Lipinski definition) is 10. The minimum atomic E-state index is -1.53. The van der Waals surface area contributed by atoms with Crippen molar-refractivity contribution in [3.8, 4) is 17.2 Å². The summed E-state index contributed by atoms with van der Waals surface area (Å²) in [4.78, 5) is 73.3. The number of rotatable bonds is 10. The molecule has 0 aliphatic carbocycles. The summed E-state index contributed by atoms with van der Waals surface area (Å²) >= 11 is 0. The molecule has 2 rings (SSSR count). The summed E-state index contributed by atoms with van der Waals surface area (Å²) in [7, 11) is 0. The topological polar surface area (TPSA) is 228 Å². The largest absolute Gasteiger partial charge is 0.478 e. The van der Waals surface area contributed by atoms with Crippen LogP contribution in [-0.2, 0) is 14.4 Å². The van der Waals surface area contributed by atoms with Crippen LogP contribution < -0.4 is 14.2 Å². The molecule has 14 heteroatoms. The Kier molecular flexibility index (Phi) is 9.21. The zero-order valence-corrected chi connectivity index (χ0v) is 16.0. The molecule has 0 saturated carbocycles. The minimum absolute atomic E-state index is 0.0148. The number of ether oxygens (including phenoxy) is 3. The Morgan fingerprint density at radius 2 is 0.909 bits per heavy atom. The Bertz CT molecular complexity index is 1040. The molecule has 0 atom stereocenters. The van der Waals surface area contributed by atoms with Crippen molar-refractivity contribution in [3.63, 3.8) is 0 Å². The Hall–Kier alpha value is -5.27. The quantitative estimate of drug-likeness (QED) is 0.356. The van der Waals surface area contributed by atoms with E-state index in [1.807, 2.05) is 0 Å². The number of carbonyl (C=O) groups excluding carboxylic acids is 3. The summed E-state index contributed by atoms with van der Waals surface area (Å²) in [5.74, 6) is -6.52. The monoisotopic (exact) mass is 464 g/mol. The van der Waals surface area contributed by atoms with Crippen LogP contribution >= 0.6 is 0 Å². The van der Waals surface area contributed by atoms with Gasteiger partial charge in [-0.25, -0.2) is 19.2 Å². The first-order valence-electron chi connectivity index (χ1n) is 8.12. The number of hydrogen-bond donors (Lipinski definition) is 4. The van der Waals surface area contributed by atoms with E-state index in [1.54, 1.807) is 0 Å². The lowest BCUT2D eigenvalue weighted by atomic mass is 10.1. The average molecular weight is 464 g/mol. The minimum Gasteiger partial charge on any atom is -0.478 e. The summed E-state index contributed by atoms with van der Waals surface area (Å²) in [5.41, 5.74) is -1.71. The fourth-order valence-electron chi connectivity index (χ4n) is 2.17. The van der Waals surface area contributed by atoms with E-state index in [9.17, 15) is 33.6 Å². The number of aromatic carboxylic acids is 4. The Morgan fingerprint density at radius 1 is 0.545 bits per heavy atom. The molecule has 4 N–H and O–H groups in total. The van der Waals surface area contributed by atoms with Crippen molar-refractivity contribution in [2.75, 3.05) is 0 Å². The molecule has 0 spiro atoms.